The Labute approximate surface area is 63.0 Å². The third kappa shape index (κ3) is 2.67. The zero-order valence-corrected chi connectivity index (χ0v) is 6.73. The first-order valence-electron chi connectivity index (χ1n) is 4.13. The van der Waals surface area contributed by atoms with Gasteiger partial charge in [-0.05, 0) is 38.3 Å². The first-order valence-corrected chi connectivity index (χ1v) is 4.13. The average molecular weight is 143 g/mol. The van der Waals surface area contributed by atoms with Crippen molar-refractivity contribution in [3.63, 3.8) is 0 Å². The zero-order chi connectivity index (χ0) is 7.23. The van der Waals surface area contributed by atoms with Crippen LogP contribution in [0.15, 0.2) is 0 Å². The highest BCUT2D eigenvalue weighted by atomic mass is 16.5. The van der Waals surface area contributed by atoms with Gasteiger partial charge < -0.3 is 10.1 Å². The van der Waals surface area contributed by atoms with Gasteiger partial charge in [0.15, 0.2) is 0 Å². The van der Waals surface area contributed by atoms with E-state index in [9.17, 15) is 0 Å². The fourth-order valence-electron chi connectivity index (χ4n) is 1.48. The van der Waals surface area contributed by atoms with Crippen molar-refractivity contribution in [2.45, 2.75) is 19.3 Å². The topological polar surface area (TPSA) is 21.3 Å². The van der Waals surface area contributed by atoms with E-state index in [0.29, 0.717) is 0 Å². The second-order valence-electron chi connectivity index (χ2n) is 2.99. The Morgan fingerprint density at radius 3 is 3.10 bits per heavy atom. The van der Waals surface area contributed by atoms with Crippen LogP contribution >= 0.6 is 0 Å². The van der Waals surface area contributed by atoms with Gasteiger partial charge in [-0.25, -0.2) is 0 Å². The van der Waals surface area contributed by atoms with Gasteiger partial charge in [-0.1, -0.05) is 0 Å². The van der Waals surface area contributed by atoms with Crippen LogP contribution in [-0.2, 0) is 4.74 Å². The second-order valence-corrected chi connectivity index (χ2v) is 2.99. The van der Waals surface area contributed by atoms with Crippen molar-refractivity contribution in [1.82, 2.24) is 5.32 Å². The van der Waals surface area contributed by atoms with Gasteiger partial charge in [0.1, 0.15) is 0 Å². The Hall–Kier alpha value is -0.0800. The maximum absolute atomic E-state index is 4.98. The monoisotopic (exact) mass is 143 g/mol. The summed E-state index contributed by atoms with van der Waals surface area (Å²) in [5.74, 6) is 0.926. The lowest BCUT2D eigenvalue weighted by molar-refractivity contribution is 0.188. The number of nitrogens with one attached hydrogen (secondary N) is 1. The summed E-state index contributed by atoms with van der Waals surface area (Å²) in [5, 5.41) is 3.36. The van der Waals surface area contributed by atoms with Crippen LogP contribution < -0.4 is 5.32 Å². The Bertz CT molecular complexity index is 79.3. The normalized spacial score (nSPS) is 25.5. The fourth-order valence-corrected chi connectivity index (χ4v) is 1.48. The van der Waals surface area contributed by atoms with Crippen LogP contribution in [0.25, 0.3) is 0 Å². The molecule has 1 fully saturated rings. The van der Waals surface area contributed by atoms with Crippen LogP contribution in [0.4, 0.5) is 0 Å². The Morgan fingerprint density at radius 2 is 2.50 bits per heavy atom. The van der Waals surface area contributed by atoms with Gasteiger partial charge in [-0.3, -0.25) is 0 Å². The molecule has 1 saturated heterocycles. The molecule has 0 bridgehead atoms. The van der Waals surface area contributed by atoms with Crippen molar-refractivity contribution in [3.05, 3.63) is 0 Å². The molecule has 0 saturated carbocycles. The lowest BCUT2D eigenvalue weighted by Gasteiger charge is -2.05. The van der Waals surface area contributed by atoms with Gasteiger partial charge in [0, 0.05) is 13.7 Å². The molecule has 2 heteroatoms. The molecule has 1 aliphatic rings. The van der Waals surface area contributed by atoms with E-state index in [-0.39, 0.29) is 0 Å². The molecule has 0 aromatic heterocycles. The van der Waals surface area contributed by atoms with Gasteiger partial charge in [0.25, 0.3) is 0 Å². The molecule has 2 nitrogen and oxygen atoms in total. The molecule has 10 heavy (non-hydrogen) atoms. The third-order valence-electron chi connectivity index (χ3n) is 2.12. The maximum atomic E-state index is 4.98. The van der Waals surface area contributed by atoms with Gasteiger partial charge in [0.05, 0.1) is 0 Å². The highest BCUT2D eigenvalue weighted by molar-refractivity contribution is 4.70. The predicted octanol–water partition coefficient (Wildman–Crippen LogP) is 1.02. The second kappa shape index (κ2) is 4.69. The van der Waals surface area contributed by atoms with Crippen molar-refractivity contribution in [3.8, 4) is 0 Å². The van der Waals surface area contributed by atoms with E-state index < -0.39 is 0 Å². The van der Waals surface area contributed by atoms with Crippen LogP contribution in [0, 0.1) is 5.92 Å². The Morgan fingerprint density at radius 1 is 1.60 bits per heavy atom. The van der Waals surface area contributed by atoms with Crippen LogP contribution in [0.5, 0.6) is 0 Å². The SMILES string of the molecule is COCCC[C@@H]1CCNC1. The molecule has 0 aliphatic carbocycles. The van der Waals surface area contributed by atoms with Crippen molar-refractivity contribution >= 4 is 0 Å². The van der Waals surface area contributed by atoms with Gasteiger partial charge in [0.2, 0.25) is 0 Å². The first-order chi connectivity index (χ1) is 4.93. The molecule has 60 valence electrons. The maximum Gasteiger partial charge on any atom is 0.0462 e. The Balaban J connectivity index is 1.91. The lowest BCUT2D eigenvalue weighted by atomic mass is 10.0. The molecule has 1 aliphatic heterocycles. The molecule has 0 amide bonds. The van der Waals surface area contributed by atoms with Crippen LogP contribution in [0.1, 0.15) is 19.3 Å². The van der Waals surface area contributed by atoms with Gasteiger partial charge in [-0.2, -0.15) is 0 Å². The van der Waals surface area contributed by atoms with E-state index in [2.05, 4.69) is 5.32 Å². The Kier molecular flexibility index (Phi) is 3.76. The van der Waals surface area contributed by atoms with E-state index in [1.54, 1.807) is 7.11 Å². The van der Waals surface area contributed by atoms with Crippen LogP contribution in [0.2, 0.25) is 0 Å². The van der Waals surface area contributed by atoms with Crippen LogP contribution in [0.3, 0.4) is 0 Å². The molecule has 1 N–H and O–H groups in total. The van der Waals surface area contributed by atoms with E-state index in [1.807, 2.05) is 0 Å². The molecule has 1 heterocycles. The summed E-state index contributed by atoms with van der Waals surface area (Å²) in [5.41, 5.74) is 0. The van der Waals surface area contributed by atoms with Crippen molar-refractivity contribution < 1.29 is 4.74 Å². The van der Waals surface area contributed by atoms with Gasteiger partial charge in [-0.15, -0.1) is 0 Å². The molecular formula is C8H17NO. The summed E-state index contributed by atoms with van der Waals surface area (Å²) in [7, 11) is 1.77. The van der Waals surface area contributed by atoms with Crippen molar-refractivity contribution in [1.29, 1.82) is 0 Å². The number of rotatable bonds is 4. The standard InChI is InChI=1S/C8H17NO/c1-10-6-2-3-8-4-5-9-7-8/h8-9H,2-7H2,1H3/t8-/m1/s1. The summed E-state index contributed by atoms with van der Waals surface area (Å²) in [6, 6.07) is 0. The highest BCUT2D eigenvalue weighted by Gasteiger charge is 2.12. The lowest BCUT2D eigenvalue weighted by Crippen LogP contribution is -2.09. The van der Waals surface area contributed by atoms with Crippen molar-refractivity contribution in [2.75, 3.05) is 26.8 Å². The highest BCUT2D eigenvalue weighted by Crippen LogP contribution is 2.13. The van der Waals surface area contributed by atoms with E-state index in [4.69, 9.17) is 4.74 Å². The number of hydrogen-bond donors (Lipinski definition) is 1. The summed E-state index contributed by atoms with van der Waals surface area (Å²) >= 11 is 0. The minimum Gasteiger partial charge on any atom is -0.385 e. The number of hydrogen-bond acceptors (Lipinski definition) is 2. The molecule has 1 rings (SSSR count). The number of methoxy groups -OCH3 is 1. The minimum absolute atomic E-state index is 0.926. The molecule has 0 aromatic rings. The van der Waals surface area contributed by atoms with Crippen molar-refractivity contribution in [2.24, 2.45) is 5.92 Å². The molecule has 0 spiro atoms. The van der Waals surface area contributed by atoms with E-state index in [0.717, 1.165) is 12.5 Å². The smallest absolute Gasteiger partial charge is 0.0462 e. The molecular weight excluding hydrogens is 126 g/mol. The van der Waals surface area contributed by atoms with Crippen LogP contribution in [-0.4, -0.2) is 26.8 Å². The summed E-state index contributed by atoms with van der Waals surface area (Å²) in [4.78, 5) is 0. The predicted molar refractivity (Wildman–Crippen MR) is 42.1 cm³/mol. The van der Waals surface area contributed by atoms with E-state index >= 15 is 0 Å². The average Bonchev–Trinajstić information content (AvgIpc) is 2.41. The molecule has 1 atom stereocenters. The quantitative estimate of drug-likeness (QED) is 0.593. The fraction of sp³-hybridized carbons (Fsp3) is 1.00. The molecule has 0 aromatic carbocycles. The first kappa shape index (κ1) is 8.02. The van der Waals surface area contributed by atoms with E-state index in [1.165, 1.54) is 32.4 Å². The molecule has 0 radical (unpaired) electrons. The largest absolute Gasteiger partial charge is 0.385 e. The zero-order valence-electron chi connectivity index (χ0n) is 6.73. The molecule has 0 unspecified atom stereocenters. The number of ether oxygens (including phenoxy) is 1. The summed E-state index contributed by atoms with van der Waals surface area (Å²) in [6.45, 7) is 3.37. The summed E-state index contributed by atoms with van der Waals surface area (Å²) in [6.07, 6.45) is 3.92. The third-order valence-corrected chi connectivity index (χ3v) is 2.12. The minimum atomic E-state index is 0.926. The summed E-state index contributed by atoms with van der Waals surface area (Å²) < 4.78 is 4.98. The van der Waals surface area contributed by atoms with Gasteiger partial charge >= 0.3 is 0 Å².